The molecule has 0 saturated carbocycles. The fourth-order valence-corrected chi connectivity index (χ4v) is 3.83. The maximum Gasteiger partial charge on any atom is 0.308 e. The van der Waals surface area contributed by atoms with Gasteiger partial charge in [0.2, 0.25) is 16.0 Å². The molecule has 0 fully saturated rings. The van der Waals surface area contributed by atoms with Crippen LogP contribution in [0.2, 0.25) is 0 Å². The summed E-state index contributed by atoms with van der Waals surface area (Å²) in [6, 6.07) is 5.67. The highest BCUT2D eigenvalue weighted by atomic mass is 32.2. The van der Waals surface area contributed by atoms with Gasteiger partial charge in [0.05, 0.1) is 43.4 Å². The van der Waals surface area contributed by atoms with E-state index < -0.39 is 34.0 Å². The van der Waals surface area contributed by atoms with E-state index in [1.807, 2.05) is 13.8 Å². The van der Waals surface area contributed by atoms with E-state index >= 15 is 0 Å². The van der Waals surface area contributed by atoms with Gasteiger partial charge in [-0.1, -0.05) is 13.8 Å². The smallest absolute Gasteiger partial charge is 0.308 e. The topological polar surface area (TPSA) is 130 Å². The number of anilines is 1. The molecule has 0 unspecified atom stereocenters. The molecule has 0 bridgehead atoms. The predicted octanol–water partition coefficient (Wildman–Crippen LogP) is 2.41. The minimum Gasteiger partial charge on any atom is -0.469 e. The number of hydrogen-bond donors (Lipinski definition) is 2. The molecule has 0 aliphatic rings. The molecule has 2 N–H and O–H groups in total. The van der Waals surface area contributed by atoms with E-state index in [2.05, 4.69) is 14.7 Å². The van der Waals surface area contributed by atoms with Crippen LogP contribution < -0.4 is 4.31 Å². The summed E-state index contributed by atoms with van der Waals surface area (Å²) < 4.78 is 43.3. The SMILES string of the molecule is COC(=O)C[C@H](O)C[C@@H](O)CCc1c(-c2ccc(F)cc2)nc(N(C)S(C)(=O)=O)nc1C(C)C. The number of hydrogen-bond acceptors (Lipinski definition) is 8. The monoisotopic (exact) mass is 497 g/mol. The Morgan fingerprint density at radius 2 is 1.76 bits per heavy atom. The van der Waals surface area contributed by atoms with Crippen LogP contribution in [0.5, 0.6) is 0 Å². The van der Waals surface area contributed by atoms with Crippen molar-refractivity contribution >= 4 is 21.9 Å². The second-order valence-corrected chi connectivity index (χ2v) is 10.5. The summed E-state index contributed by atoms with van der Waals surface area (Å²) in [7, 11) is -1.05. The molecule has 0 aliphatic heterocycles. The van der Waals surface area contributed by atoms with Gasteiger partial charge in [-0.25, -0.2) is 27.1 Å². The van der Waals surface area contributed by atoms with Crippen molar-refractivity contribution in [1.82, 2.24) is 9.97 Å². The number of halogens is 1. The third kappa shape index (κ3) is 7.44. The number of ether oxygens (including phenoxy) is 1. The van der Waals surface area contributed by atoms with Gasteiger partial charge in [0.15, 0.2) is 0 Å². The number of methoxy groups -OCH3 is 1. The van der Waals surface area contributed by atoms with Gasteiger partial charge in [-0.2, -0.15) is 0 Å². The van der Waals surface area contributed by atoms with Crippen LogP contribution in [-0.2, 0) is 26.0 Å². The number of aromatic nitrogens is 2. The van der Waals surface area contributed by atoms with E-state index in [0.717, 1.165) is 10.6 Å². The van der Waals surface area contributed by atoms with Gasteiger partial charge in [-0.05, 0) is 49.4 Å². The van der Waals surface area contributed by atoms with Crippen LogP contribution in [0.1, 0.15) is 50.3 Å². The maximum absolute atomic E-state index is 13.6. The van der Waals surface area contributed by atoms with Crippen LogP contribution in [0.3, 0.4) is 0 Å². The fourth-order valence-electron chi connectivity index (χ4n) is 3.45. The molecule has 1 aromatic heterocycles. The van der Waals surface area contributed by atoms with Gasteiger partial charge in [-0.3, -0.25) is 4.79 Å². The lowest BCUT2D eigenvalue weighted by Crippen LogP contribution is -2.28. The molecule has 9 nitrogen and oxygen atoms in total. The Kier molecular flexibility index (Phi) is 9.48. The van der Waals surface area contributed by atoms with Crippen molar-refractivity contribution in [2.75, 3.05) is 24.7 Å². The third-order valence-corrected chi connectivity index (χ3v) is 6.53. The van der Waals surface area contributed by atoms with Gasteiger partial charge in [-0.15, -0.1) is 0 Å². The van der Waals surface area contributed by atoms with Crippen molar-refractivity contribution in [1.29, 1.82) is 0 Å². The molecule has 1 aromatic carbocycles. The highest BCUT2D eigenvalue weighted by molar-refractivity contribution is 7.92. The minimum atomic E-state index is -3.63. The summed E-state index contributed by atoms with van der Waals surface area (Å²) in [6.07, 6.45) is -0.613. The van der Waals surface area contributed by atoms with Crippen molar-refractivity contribution in [3.05, 3.63) is 41.3 Å². The number of sulfonamides is 1. The maximum atomic E-state index is 13.6. The molecular formula is C23H32FN3O6S. The van der Waals surface area contributed by atoms with Gasteiger partial charge in [0.1, 0.15) is 5.82 Å². The van der Waals surface area contributed by atoms with Crippen molar-refractivity contribution in [2.24, 2.45) is 0 Å². The van der Waals surface area contributed by atoms with Gasteiger partial charge >= 0.3 is 5.97 Å². The van der Waals surface area contributed by atoms with E-state index in [4.69, 9.17) is 0 Å². The zero-order valence-corrected chi connectivity index (χ0v) is 20.8. The van der Waals surface area contributed by atoms with Crippen molar-refractivity contribution in [2.45, 2.75) is 57.7 Å². The highest BCUT2D eigenvalue weighted by Crippen LogP contribution is 2.32. The molecule has 0 saturated heterocycles. The summed E-state index contributed by atoms with van der Waals surface area (Å²) in [5, 5.41) is 20.5. The zero-order chi connectivity index (χ0) is 25.6. The highest BCUT2D eigenvalue weighted by Gasteiger charge is 2.24. The zero-order valence-electron chi connectivity index (χ0n) is 20.0. The molecule has 11 heteroatoms. The first kappa shape index (κ1) is 27.6. The summed E-state index contributed by atoms with van der Waals surface area (Å²) in [4.78, 5) is 20.3. The van der Waals surface area contributed by atoms with E-state index in [-0.39, 0.29) is 31.1 Å². The number of esters is 1. The van der Waals surface area contributed by atoms with Crippen LogP contribution in [0.25, 0.3) is 11.3 Å². The number of benzene rings is 1. The first-order chi connectivity index (χ1) is 15.8. The van der Waals surface area contributed by atoms with Crippen LogP contribution in [0.15, 0.2) is 24.3 Å². The Morgan fingerprint density at radius 3 is 2.29 bits per heavy atom. The summed E-state index contributed by atoms with van der Waals surface area (Å²) in [6.45, 7) is 3.81. The molecule has 2 aromatic rings. The van der Waals surface area contributed by atoms with E-state index in [1.165, 1.54) is 26.3 Å². The second kappa shape index (κ2) is 11.7. The summed E-state index contributed by atoms with van der Waals surface area (Å²) >= 11 is 0. The number of aliphatic hydroxyl groups excluding tert-OH is 2. The molecule has 188 valence electrons. The molecular weight excluding hydrogens is 465 g/mol. The van der Waals surface area contributed by atoms with Gasteiger partial charge < -0.3 is 14.9 Å². The number of aliphatic hydroxyl groups is 2. The second-order valence-electron chi connectivity index (χ2n) is 8.49. The number of rotatable bonds is 11. The van der Waals surface area contributed by atoms with E-state index in [1.54, 1.807) is 12.1 Å². The summed E-state index contributed by atoms with van der Waals surface area (Å²) in [5.41, 5.74) is 2.30. The quantitative estimate of drug-likeness (QED) is 0.453. The average Bonchev–Trinajstić information content (AvgIpc) is 2.76. The van der Waals surface area contributed by atoms with Crippen LogP contribution in [-0.4, -0.2) is 67.2 Å². The standard InChI is InChI=1S/C23H32FN3O6S/c1-14(2)21-19(11-10-17(28)12-18(29)13-20(30)33-4)22(15-6-8-16(24)9-7-15)26-23(25-21)27(3)34(5,31)32/h6-9,14,17-18,28-29H,10-13H2,1-5H3/t17-,18+/m0/s1. The minimum absolute atomic E-state index is 0.0108. The van der Waals surface area contributed by atoms with E-state index in [9.17, 15) is 27.8 Å². The van der Waals surface area contributed by atoms with Crippen molar-refractivity contribution in [3.8, 4) is 11.3 Å². The van der Waals surface area contributed by atoms with Gasteiger partial charge in [0, 0.05) is 18.2 Å². The lowest BCUT2D eigenvalue weighted by Gasteiger charge is -2.22. The molecule has 0 spiro atoms. The third-order valence-electron chi connectivity index (χ3n) is 5.37. The molecule has 0 amide bonds. The Balaban J connectivity index is 2.46. The number of carbonyl (C=O) groups is 1. The molecule has 2 atom stereocenters. The van der Waals surface area contributed by atoms with Crippen LogP contribution in [0.4, 0.5) is 10.3 Å². The normalized spacial score (nSPS) is 13.6. The molecule has 0 radical (unpaired) electrons. The molecule has 1 heterocycles. The van der Waals surface area contributed by atoms with E-state index in [0.29, 0.717) is 28.9 Å². The lowest BCUT2D eigenvalue weighted by molar-refractivity contribution is -0.143. The largest absolute Gasteiger partial charge is 0.469 e. The molecule has 2 rings (SSSR count). The van der Waals surface area contributed by atoms with Crippen molar-refractivity contribution in [3.63, 3.8) is 0 Å². The first-order valence-electron chi connectivity index (χ1n) is 10.9. The van der Waals surface area contributed by atoms with Crippen molar-refractivity contribution < 1.29 is 32.6 Å². The molecule has 0 aliphatic carbocycles. The predicted molar refractivity (Wildman–Crippen MR) is 126 cm³/mol. The Bertz CT molecular complexity index is 1090. The van der Waals surface area contributed by atoms with Gasteiger partial charge in [0.25, 0.3) is 0 Å². The number of nitrogens with zero attached hydrogens (tertiary/aromatic N) is 3. The first-order valence-corrected chi connectivity index (χ1v) is 12.7. The van der Waals surface area contributed by atoms with Crippen LogP contribution >= 0.6 is 0 Å². The Hall–Kier alpha value is -2.63. The Labute approximate surface area is 199 Å². The van der Waals surface area contributed by atoms with Crippen LogP contribution in [0, 0.1) is 5.82 Å². The number of carbonyl (C=O) groups excluding carboxylic acids is 1. The fraction of sp³-hybridized carbons (Fsp3) is 0.522. The summed E-state index contributed by atoms with van der Waals surface area (Å²) in [5.74, 6) is -1.11. The Morgan fingerprint density at radius 1 is 1.15 bits per heavy atom. The molecule has 34 heavy (non-hydrogen) atoms. The average molecular weight is 498 g/mol. The lowest BCUT2D eigenvalue weighted by atomic mass is 9.93.